The number of ether oxygens (including phenoxy) is 1. The van der Waals surface area contributed by atoms with E-state index in [-0.39, 0.29) is 5.91 Å². The van der Waals surface area contributed by atoms with Crippen LogP contribution < -0.4 is 15.8 Å². The maximum absolute atomic E-state index is 12.2. The van der Waals surface area contributed by atoms with Crippen LogP contribution in [0.5, 0.6) is 5.75 Å². The van der Waals surface area contributed by atoms with E-state index in [1.165, 1.54) is 39.2 Å². The lowest BCUT2D eigenvalue weighted by Gasteiger charge is -2.21. The quantitative estimate of drug-likeness (QED) is 0.813. The Labute approximate surface area is 120 Å². The highest BCUT2D eigenvalue weighted by Gasteiger charge is 2.16. The Morgan fingerprint density at radius 3 is 2.80 bits per heavy atom. The van der Waals surface area contributed by atoms with Gasteiger partial charge in [0.15, 0.2) is 5.75 Å². The number of nitrogens with one attached hydrogen (secondary N) is 1. The maximum atomic E-state index is 12.2. The third kappa shape index (κ3) is 3.65. The SMILES string of the molecule is COc1c(N)cccc1C(=O)NCCC1CCCCC1. The Balaban J connectivity index is 1.87. The predicted molar refractivity (Wildman–Crippen MR) is 80.9 cm³/mol. The van der Waals surface area contributed by atoms with Crippen LogP contribution >= 0.6 is 0 Å². The molecule has 1 aliphatic rings. The van der Waals surface area contributed by atoms with Crippen molar-refractivity contribution in [1.82, 2.24) is 5.32 Å². The van der Waals surface area contributed by atoms with E-state index in [2.05, 4.69) is 5.32 Å². The smallest absolute Gasteiger partial charge is 0.255 e. The molecule has 0 atom stereocenters. The third-order valence-electron chi connectivity index (χ3n) is 4.06. The number of carbonyl (C=O) groups is 1. The van der Waals surface area contributed by atoms with Gasteiger partial charge in [0.25, 0.3) is 5.91 Å². The van der Waals surface area contributed by atoms with Gasteiger partial charge in [-0.1, -0.05) is 38.2 Å². The van der Waals surface area contributed by atoms with Crippen LogP contribution in [0.2, 0.25) is 0 Å². The van der Waals surface area contributed by atoms with Crippen molar-refractivity contribution >= 4 is 11.6 Å². The number of nitrogen functional groups attached to an aromatic ring is 1. The molecule has 1 aromatic rings. The number of nitrogens with two attached hydrogens (primary N) is 1. The molecule has 0 bridgehead atoms. The van der Waals surface area contributed by atoms with E-state index in [9.17, 15) is 4.79 Å². The van der Waals surface area contributed by atoms with Gasteiger partial charge in [0.2, 0.25) is 0 Å². The van der Waals surface area contributed by atoms with Gasteiger partial charge in [-0.25, -0.2) is 0 Å². The second kappa shape index (κ2) is 7.17. The maximum Gasteiger partial charge on any atom is 0.255 e. The van der Waals surface area contributed by atoms with Crippen molar-refractivity contribution in [2.24, 2.45) is 5.92 Å². The van der Waals surface area contributed by atoms with Gasteiger partial charge in [-0.15, -0.1) is 0 Å². The first-order valence-corrected chi connectivity index (χ1v) is 7.43. The van der Waals surface area contributed by atoms with Crippen molar-refractivity contribution in [3.8, 4) is 5.75 Å². The van der Waals surface area contributed by atoms with Gasteiger partial charge in [0.05, 0.1) is 18.4 Å². The fourth-order valence-electron chi connectivity index (χ4n) is 2.92. The number of hydrogen-bond acceptors (Lipinski definition) is 3. The molecule has 0 radical (unpaired) electrons. The number of hydrogen-bond donors (Lipinski definition) is 2. The van der Waals surface area contributed by atoms with Crippen LogP contribution in [0.3, 0.4) is 0 Å². The molecule has 20 heavy (non-hydrogen) atoms. The Bertz CT molecular complexity index is 454. The minimum atomic E-state index is -0.107. The molecule has 3 N–H and O–H groups in total. The molecule has 0 unspecified atom stereocenters. The second-order valence-electron chi connectivity index (χ2n) is 5.48. The van der Waals surface area contributed by atoms with E-state index in [0.29, 0.717) is 17.0 Å². The lowest BCUT2D eigenvalue weighted by molar-refractivity contribution is 0.0947. The van der Waals surface area contributed by atoms with E-state index < -0.39 is 0 Å². The van der Waals surface area contributed by atoms with Crippen molar-refractivity contribution in [2.45, 2.75) is 38.5 Å². The molecule has 4 heteroatoms. The minimum absolute atomic E-state index is 0.107. The average molecular weight is 276 g/mol. The van der Waals surface area contributed by atoms with Gasteiger partial charge >= 0.3 is 0 Å². The number of rotatable bonds is 5. The molecule has 0 heterocycles. The number of benzene rings is 1. The molecule has 0 aromatic heterocycles. The summed E-state index contributed by atoms with van der Waals surface area (Å²) in [5.41, 5.74) is 6.81. The lowest BCUT2D eigenvalue weighted by atomic mass is 9.87. The summed E-state index contributed by atoms with van der Waals surface area (Å²) in [6.07, 6.45) is 7.71. The van der Waals surface area contributed by atoms with E-state index >= 15 is 0 Å². The van der Waals surface area contributed by atoms with Crippen LogP contribution in [-0.2, 0) is 0 Å². The van der Waals surface area contributed by atoms with E-state index in [0.717, 1.165) is 18.9 Å². The summed E-state index contributed by atoms with van der Waals surface area (Å²) in [6, 6.07) is 5.25. The van der Waals surface area contributed by atoms with Gasteiger partial charge in [0, 0.05) is 6.54 Å². The molecule has 1 amide bonds. The van der Waals surface area contributed by atoms with Gasteiger partial charge in [-0.05, 0) is 24.5 Å². The van der Waals surface area contributed by atoms with Gasteiger partial charge in [0.1, 0.15) is 0 Å². The summed E-state index contributed by atoms with van der Waals surface area (Å²) in [5.74, 6) is 1.12. The minimum Gasteiger partial charge on any atom is -0.494 e. The number of amides is 1. The molecule has 0 saturated heterocycles. The first-order chi connectivity index (χ1) is 9.72. The van der Waals surface area contributed by atoms with Crippen LogP contribution in [0.25, 0.3) is 0 Å². The highest BCUT2D eigenvalue weighted by molar-refractivity contribution is 5.98. The standard InChI is InChI=1S/C16H24N2O2/c1-20-15-13(8-5-9-14(15)17)16(19)18-11-10-12-6-3-2-4-7-12/h5,8-9,12H,2-4,6-7,10-11,17H2,1H3,(H,18,19). The van der Waals surface area contributed by atoms with Crippen molar-refractivity contribution in [2.75, 3.05) is 19.4 Å². The topological polar surface area (TPSA) is 64.3 Å². The van der Waals surface area contributed by atoms with E-state index in [1.54, 1.807) is 18.2 Å². The molecule has 110 valence electrons. The number of methoxy groups -OCH3 is 1. The van der Waals surface area contributed by atoms with Crippen LogP contribution in [-0.4, -0.2) is 19.6 Å². The zero-order chi connectivity index (χ0) is 14.4. The Morgan fingerprint density at radius 1 is 1.35 bits per heavy atom. The summed E-state index contributed by atoms with van der Waals surface area (Å²) < 4.78 is 5.21. The predicted octanol–water partition coefficient (Wildman–Crippen LogP) is 2.98. The third-order valence-corrected chi connectivity index (χ3v) is 4.06. The zero-order valence-corrected chi connectivity index (χ0v) is 12.2. The number of anilines is 1. The fraction of sp³-hybridized carbons (Fsp3) is 0.562. The zero-order valence-electron chi connectivity index (χ0n) is 12.2. The van der Waals surface area contributed by atoms with Crippen LogP contribution in [0.15, 0.2) is 18.2 Å². The molecule has 1 saturated carbocycles. The monoisotopic (exact) mass is 276 g/mol. The molecule has 4 nitrogen and oxygen atoms in total. The summed E-state index contributed by atoms with van der Waals surface area (Å²) >= 11 is 0. The Kier molecular flexibility index (Phi) is 5.27. The largest absolute Gasteiger partial charge is 0.494 e. The molecule has 1 aromatic carbocycles. The second-order valence-corrected chi connectivity index (χ2v) is 5.48. The molecule has 1 fully saturated rings. The molecule has 2 rings (SSSR count). The number of para-hydroxylation sites is 1. The van der Waals surface area contributed by atoms with Gasteiger partial charge in [-0.3, -0.25) is 4.79 Å². The molecule has 1 aliphatic carbocycles. The van der Waals surface area contributed by atoms with Gasteiger partial charge < -0.3 is 15.8 Å². The van der Waals surface area contributed by atoms with E-state index in [1.807, 2.05) is 0 Å². The first kappa shape index (κ1) is 14.7. The molecular weight excluding hydrogens is 252 g/mol. The van der Waals surface area contributed by atoms with Gasteiger partial charge in [-0.2, -0.15) is 0 Å². The summed E-state index contributed by atoms with van der Waals surface area (Å²) in [6.45, 7) is 0.724. The fourth-order valence-corrected chi connectivity index (χ4v) is 2.92. The van der Waals surface area contributed by atoms with Crippen LogP contribution in [0, 0.1) is 5.92 Å². The van der Waals surface area contributed by atoms with Crippen molar-refractivity contribution < 1.29 is 9.53 Å². The summed E-state index contributed by atoms with van der Waals surface area (Å²) in [7, 11) is 1.53. The Morgan fingerprint density at radius 2 is 2.10 bits per heavy atom. The van der Waals surface area contributed by atoms with Crippen LogP contribution in [0.4, 0.5) is 5.69 Å². The number of carbonyl (C=O) groups excluding carboxylic acids is 1. The van der Waals surface area contributed by atoms with Crippen LogP contribution in [0.1, 0.15) is 48.9 Å². The normalized spacial score (nSPS) is 15.8. The van der Waals surface area contributed by atoms with Crippen molar-refractivity contribution in [3.63, 3.8) is 0 Å². The van der Waals surface area contributed by atoms with E-state index in [4.69, 9.17) is 10.5 Å². The molecular formula is C16H24N2O2. The summed E-state index contributed by atoms with van der Waals surface area (Å²) in [4.78, 5) is 12.2. The average Bonchev–Trinajstić information content (AvgIpc) is 2.48. The molecule has 0 aliphatic heterocycles. The highest BCUT2D eigenvalue weighted by atomic mass is 16.5. The first-order valence-electron chi connectivity index (χ1n) is 7.43. The molecule has 0 spiro atoms. The van der Waals surface area contributed by atoms with Crippen molar-refractivity contribution in [3.05, 3.63) is 23.8 Å². The lowest BCUT2D eigenvalue weighted by Crippen LogP contribution is -2.27. The Hall–Kier alpha value is -1.71. The van der Waals surface area contributed by atoms with Crippen molar-refractivity contribution in [1.29, 1.82) is 0 Å². The highest BCUT2D eigenvalue weighted by Crippen LogP contribution is 2.27. The summed E-state index contributed by atoms with van der Waals surface area (Å²) in [5, 5.41) is 2.97.